The van der Waals surface area contributed by atoms with Crippen LogP contribution in [0.1, 0.15) is 0 Å². The molecule has 14 heavy (non-hydrogen) atoms. The maximum absolute atomic E-state index is 9.51. The molecule has 5 heteroatoms. The SMILES string of the molecule is O[n+]1ccc(Cl)c2cc(Cl)c(Br)cc21. The van der Waals surface area contributed by atoms with Gasteiger partial charge in [0.1, 0.15) is 0 Å². The van der Waals surface area contributed by atoms with Crippen LogP contribution in [0.2, 0.25) is 10.0 Å². The summed E-state index contributed by atoms with van der Waals surface area (Å²) in [5.41, 5.74) is 0.605. The predicted molar refractivity (Wildman–Crippen MR) is 59.0 cm³/mol. The molecular formula is C9H5BrCl2NO+. The van der Waals surface area contributed by atoms with Gasteiger partial charge in [-0.1, -0.05) is 23.2 Å². The topological polar surface area (TPSA) is 24.1 Å². The minimum absolute atomic E-state index is 0.555. The van der Waals surface area contributed by atoms with Gasteiger partial charge in [-0.05, 0) is 22.0 Å². The first-order valence-electron chi connectivity index (χ1n) is 3.78. The summed E-state index contributed by atoms with van der Waals surface area (Å²) in [4.78, 5) is 0. The van der Waals surface area contributed by atoms with E-state index < -0.39 is 0 Å². The molecule has 1 aromatic carbocycles. The van der Waals surface area contributed by atoms with Gasteiger partial charge in [0, 0.05) is 21.3 Å². The van der Waals surface area contributed by atoms with Gasteiger partial charge in [0.2, 0.25) is 6.20 Å². The van der Waals surface area contributed by atoms with Gasteiger partial charge in [-0.25, -0.2) is 0 Å². The largest absolute Gasteiger partial charge is 0.285 e. The molecule has 0 aliphatic carbocycles. The summed E-state index contributed by atoms with van der Waals surface area (Å²) >= 11 is 15.1. The number of benzene rings is 1. The van der Waals surface area contributed by atoms with Gasteiger partial charge in [-0.3, -0.25) is 5.21 Å². The lowest BCUT2D eigenvalue weighted by Crippen LogP contribution is -2.29. The number of aromatic nitrogens is 1. The molecule has 0 fully saturated rings. The molecule has 0 bridgehead atoms. The van der Waals surface area contributed by atoms with Crippen molar-refractivity contribution in [3.63, 3.8) is 0 Å². The van der Waals surface area contributed by atoms with Gasteiger partial charge in [0.15, 0.2) is 0 Å². The van der Waals surface area contributed by atoms with Crippen molar-refractivity contribution in [2.75, 3.05) is 0 Å². The van der Waals surface area contributed by atoms with E-state index in [1.54, 1.807) is 18.2 Å². The van der Waals surface area contributed by atoms with E-state index in [9.17, 15) is 5.21 Å². The van der Waals surface area contributed by atoms with Crippen molar-refractivity contribution in [3.05, 3.63) is 38.9 Å². The minimum atomic E-state index is 0.555. The average Bonchev–Trinajstić information content (AvgIpc) is 2.15. The Labute approximate surface area is 98.8 Å². The Morgan fingerprint density at radius 3 is 2.64 bits per heavy atom. The van der Waals surface area contributed by atoms with Crippen LogP contribution >= 0.6 is 39.1 Å². The summed E-state index contributed by atoms with van der Waals surface area (Å²) in [5, 5.41) is 11.3. The highest BCUT2D eigenvalue weighted by Gasteiger charge is 2.13. The standard InChI is InChI=1S/C9H5BrCl2NO/c10-6-4-9-5(3-8(6)12)7(11)1-2-13(9)14/h1-4,14H/q+1. The lowest BCUT2D eigenvalue weighted by Gasteiger charge is -1.99. The fourth-order valence-electron chi connectivity index (χ4n) is 1.22. The molecule has 0 aliphatic heterocycles. The molecule has 0 saturated carbocycles. The highest BCUT2D eigenvalue weighted by Crippen LogP contribution is 2.29. The monoisotopic (exact) mass is 292 g/mol. The minimum Gasteiger partial charge on any atom is -0.285 e. The summed E-state index contributed by atoms with van der Waals surface area (Å²) in [6, 6.07) is 5.02. The third kappa shape index (κ3) is 1.56. The van der Waals surface area contributed by atoms with Crippen LogP contribution in [-0.2, 0) is 0 Å². The van der Waals surface area contributed by atoms with E-state index in [1.165, 1.54) is 6.20 Å². The second kappa shape index (κ2) is 3.57. The number of hydrogen-bond donors (Lipinski definition) is 1. The number of fused-ring (bicyclic) bond motifs is 1. The van der Waals surface area contributed by atoms with E-state index in [0.29, 0.717) is 20.9 Å². The predicted octanol–water partition coefficient (Wildman–Crippen LogP) is 3.43. The number of rotatable bonds is 0. The fraction of sp³-hybridized carbons (Fsp3) is 0. The van der Waals surface area contributed by atoms with Crippen LogP contribution in [0.4, 0.5) is 0 Å². The first-order chi connectivity index (χ1) is 6.59. The first-order valence-corrected chi connectivity index (χ1v) is 5.32. The zero-order chi connectivity index (χ0) is 10.3. The van der Waals surface area contributed by atoms with Crippen LogP contribution in [0.15, 0.2) is 28.9 Å². The number of nitrogens with zero attached hydrogens (tertiary/aromatic N) is 1. The van der Waals surface area contributed by atoms with Gasteiger partial charge >= 0.3 is 0 Å². The lowest BCUT2D eigenvalue weighted by atomic mass is 10.2. The van der Waals surface area contributed by atoms with Crippen molar-refractivity contribution in [1.82, 2.24) is 0 Å². The van der Waals surface area contributed by atoms with E-state index in [2.05, 4.69) is 15.9 Å². The maximum Gasteiger partial charge on any atom is 0.267 e. The van der Waals surface area contributed by atoms with E-state index in [0.717, 1.165) is 9.20 Å². The van der Waals surface area contributed by atoms with E-state index in [1.807, 2.05) is 0 Å². The Morgan fingerprint density at radius 1 is 1.21 bits per heavy atom. The van der Waals surface area contributed by atoms with Crippen molar-refractivity contribution in [3.8, 4) is 0 Å². The highest BCUT2D eigenvalue weighted by molar-refractivity contribution is 9.10. The summed E-state index contributed by atoms with van der Waals surface area (Å²) < 4.78 is 1.72. The van der Waals surface area contributed by atoms with Gasteiger partial charge < -0.3 is 0 Å². The van der Waals surface area contributed by atoms with Crippen molar-refractivity contribution in [1.29, 1.82) is 0 Å². The molecule has 1 heterocycles. The number of pyridine rings is 1. The van der Waals surface area contributed by atoms with Crippen LogP contribution < -0.4 is 4.73 Å². The Balaban J connectivity index is 2.94. The number of hydrogen-bond acceptors (Lipinski definition) is 1. The molecule has 1 N–H and O–H groups in total. The van der Waals surface area contributed by atoms with Crippen LogP contribution in [0.5, 0.6) is 0 Å². The van der Waals surface area contributed by atoms with Crippen molar-refractivity contribution < 1.29 is 9.94 Å². The molecule has 0 unspecified atom stereocenters. The molecule has 0 amide bonds. The van der Waals surface area contributed by atoms with Crippen molar-refractivity contribution >= 4 is 50.0 Å². The fourth-order valence-corrected chi connectivity index (χ4v) is 1.93. The van der Waals surface area contributed by atoms with Crippen LogP contribution in [0, 0.1) is 0 Å². The molecule has 1 aromatic heterocycles. The number of halogens is 3. The zero-order valence-electron chi connectivity index (χ0n) is 6.84. The molecule has 0 atom stereocenters. The quantitative estimate of drug-likeness (QED) is 0.584. The Morgan fingerprint density at radius 2 is 1.93 bits per heavy atom. The third-order valence-electron chi connectivity index (χ3n) is 1.90. The summed E-state index contributed by atoms with van der Waals surface area (Å²) in [6.07, 6.45) is 1.48. The molecular weight excluding hydrogens is 289 g/mol. The van der Waals surface area contributed by atoms with E-state index in [4.69, 9.17) is 23.2 Å². The maximum atomic E-state index is 9.51. The van der Waals surface area contributed by atoms with E-state index >= 15 is 0 Å². The zero-order valence-corrected chi connectivity index (χ0v) is 9.94. The second-order valence-electron chi connectivity index (χ2n) is 2.79. The molecule has 0 aliphatic rings. The van der Waals surface area contributed by atoms with Gasteiger partial charge in [0.25, 0.3) is 5.52 Å². The third-order valence-corrected chi connectivity index (χ3v) is 3.43. The van der Waals surface area contributed by atoms with E-state index in [-0.39, 0.29) is 0 Å². The summed E-state index contributed by atoms with van der Waals surface area (Å²) in [5.74, 6) is 0. The van der Waals surface area contributed by atoms with Crippen LogP contribution in [0.3, 0.4) is 0 Å². The summed E-state index contributed by atoms with van der Waals surface area (Å²) in [6.45, 7) is 0. The van der Waals surface area contributed by atoms with Crippen molar-refractivity contribution in [2.45, 2.75) is 0 Å². The normalized spacial score (nSPS) is 10.8. The molecule has 2 nitrogen and oxygen atoms in total. The molecule has 0 saturated heterocycles. The average molecular weight is 294 g/mol. The van der Waals surface area contributed by atoms with Gasteiger partial charge in [0.05, 0.1) is 15.4 Å². The van der Waals surface area contributed by atoms with Gasteiger partial charge in [-0.15, -0.1) is 0 Å². The second-order valence-corrected chi connectivity index (χ2v) is 4.46. The first kappa shape index (κ1) is 10.0. The van der Waals surface area contributed by atoms with Crippen LogP contribution in [-0.4, -0.2) is 5.21 Å². The Hall–Kier alpha value is -0.510. The Bertz CT molecular complexity index is 469. The van der Waals surface area contributed by atoms with Crippen LogP contribution in [0.25, 0.3) is 10.9 Å². The smallest absolute Gasteiger partial charge is 0.267 e. The van der Waals surface area contributed by atoms with Gasteiger partial charge in [-0.2, -0.15) is 0 Å². The molecule has 2 aromatic rings. The molecule has 2 rings (SSSR count). The Kier molecular flexibility index (Phi) is 2.56. The molecule has 0 radical (unpaired) electrons. The molecule has 72 valence electrons. The summed E-state index contributed by atoms with van der Waals surface area (Å²) in [7, 11) is 0. The van der Waals surface area contributed by atoms with Crippen molar-refractivity contribution in [2.24, 2.45) is 0 Å². The lowest BCUT2D eigenvalue weighted by molar-refractivity contribution is -0.884. The highest BCUT2D eigenvalue weighted by atomic mass is 79.9. The molecule has 0 spiro atoms.